The molecule has 1 aromatic carbocycles. The van der Waals surface area contributed by atoms with E-state index in [9.17, 15) is 4.79 Å². The molecule has 3 heterocycles. The minimum Gasteiger partial charge on any atom is -0.422 e. The molecule has 2 bridgehead atoms. The maximum atomic E-state index is 12.9. The Labute approximate surface area is 157 Å². The number of piperidine rings is 1. The number of carbonyl (C=O) groups excluding carboxylic acids is 1. The van der Waals surface area contributed by atoms with Crippen molar-refractivity contribution in [1.82, 2.24) is 20.2 Å². The smallest absolute Gasteiger partial charge is 0.345 e. The highest BCUT2D eigenvalue weighted by Crippen LogP contribution is 2.47. The van der Waals surface area contributed by atoms with Crippen LogP contribution in [0.15, 0.2) is 34.7 Å². The van der Waals surface area contributed by atoms with Crippen LogP contribution in [0.4, 0.5) is 4.79 Å². The van der Waals surface area contributed by atoms with E-state index in [-0.39, 0.29) is 23.5 Å². The van der Waals surface area contributed by atoms with Crippen LogP contribution in [-0.2, 0) is 16.9 Å². The summed E-state index contributed by atoms with van der Waals surface area (Å²) in [7, 11) is 0. The molecule has 2 atom stereocenters. The summed E-state index contributed by atoms with van der Waals surface area (Å²) in [6, 6.07) is 9.61. The molecule has 2 aliphatic heterocycles. The molecule has 1 aromatic heterocycles. The Hall–Kier alpha value is -2.45. The third-order valence-corrected chi connectivity index (χ3v) is 5.96. The van der Waals surface area contributed by atoms with E-state index < -0.39 is 0 Å². The third kappa shape index (κ3) is 2.80. The van der Waals surface area contributed by atoms with Crippen LogP contribution in [0.3, 0.4) is 0 Å². The number of hydrogen-bond acceptors (Lipinski definition) is 6. The van der Waals surface area contributed by atoms with Crippen molar-refractivity contribution in [3.63, 3.8) is 0 Å². The van der Waals surface area contributed by atoms with E-state index in [2.05, 4.69) is 10.2 Å². The number of urea groups is 1. The molecule has 142 valence electrons. The molecule has 3 fully saturated rings. The standard InChI is InChI=1S/C19H23N5O3/c20-12-19(8-9-19)17-22-21-16(27-17)15-7-6-14-10-23(15)18(25)24(14)26-11-13-4-2-1-3-5-13/h1-5,14-15H,6-12,20H2. The average Bonchev–Trinajstić information content (AvgIpc) is 3.29. The lowest BCUT2D eigenvalue weighted by Crippen LogP contribution is -2.34. The van der Waals surface area contributed by atoms with Crippen LogP contribution in [0.5, 0.6) is 0 Å². The second-order valence-electron chi connectivity index (χ2n) is 7.70. The number of benzene rings is 1. The third-order valence-electron chi connectivity index (χ3n) is 5.96. The summed E-state index contributed by atoms with van der Waals surface area (Å²) in [5.74, 6) is 1.13. The molecular formula is C19H23N5O3. The minimum absolute atomic E-state index is 0.0682. The molecule has 3 aliphatic rings. The van der Waals surface area contributed by atoms with Crippen LogP contribution in [0.2, 0.25) is 0 Å². The van der Waals surface area contributed by atoms with Gasteiger partial charge in [-0.1, -0.05) is 30.3 Å². The van der Waals surface area contributed by atoms with Crippen molar-refractivity contribution in [1.29, 1.82) is 0 Å². The van der Waals surface area contributed by atoms with Gasteiger partial charge in [-0.15, -0.1) is 10.2 Å². The predicted octanol–water partition coefficient (Wildman–Crippen LogP) is 2.13. The molecule has 0 spiro atoms. The Morgan fingerprint density at radius 3 is 2.78 bits per heavy atom. The average molecular weight is 369 g/mol. The lowest BCUT2D eigenvalue weighted by molar-refractivity contribution is -0.140. The summed E-state index contributed by atoms with van der Waals surface area (Å²) in [5, 5.41) is 9.98. The fourth-order valence-electron chi connectivity index (χ4n) is 4.01. The SMILES string of the molecule is NCC1(c2nnc(C3CCC4CN3C(=O)N4OCc3ccccc3)o2)CC1. The van der Waals surface area contributed by atoms with Crippen molar-refractivity contribution in [3.8, 4) is 0 Å². The number of nitrogens with two attached hydrogens (primary N) is 1. The molecule has 2 amide bonds. The van der Waals surface area contributed by atoms with E-state index in [4.69, 9.17) is 15.0 Å². The van der Waals surface area contributed by atoms with Crippen molar-refractivity contribution in [2.75, 3.05) is 13.1 Å². The van der Waals surface area contributed by atoms with Gasteiger partial charge in [-0.25, -0.2) is 4.79 Å². The van der Waals surface area contributed by atoms with E-state index >= 15 is 0 Å². The van der Waals surface area contributed by atoms with Crippen molar-refractivity contribution >= 4 is 6.03 Å². The molecule has 5 rings (SSSR count). The van der Waals surface area contributed by atoms with Gasteiger partial charge < -0.3 is 15.1 Å². The van der Waals surface area contributed by atoms with Crippen LogP contribution in [0.1, 0.15) is 49.1 Å². The van der Waals surface area contributed by atoms with Gasteiger partial charge in [0.05, 0.1) is 11.5 Å². The minimum atomic E-state index is -0.186. The van der Waals surface area contributed by atoms with Crippen LogP contribution in [-0.4, -0.2) is 45.3 Å². The highest BCUT2D eigenvalue weighted by Gasteiger charge is 2.50. The molecule has 0 radical (unpaired) electrons. The van der Waals surface area contributed by atoms with Gasteiger partial charge in [0.15, 0.2) is 0 Å². The van der Waals surface area contributed by atoms with Gasteiger partial charge in [-0.2, -0.15) is 5.06 Å². The fraction of sp³-hybridized carbons (Fsp3) is 0.526. The maximum Gasteiger partial charge on any atom is 0.345 e. The Balaban J connectivity index is 1.29. The zero-order valence-electron chi connectivity index (χ0n) is 15.1. The van der Waals surface area contributed by atoms with E-state index in [1.165, 1.54) is 5.06 Å². The topological polar surface area (TPSA) is 97.7 Å². The molecule has 27 heavy (non-hydrogen) atoms. The highest BCUT2D eigenvalue weighted by atomic mass is 16.7. The Bertz CT molecular complexity index is 835. The summed E-state index contributed by atoms with van der Waals surface area (Å²) in [6.45, 7) is 1.52. The number of fused-ring (bicyclic) bond motifs is 2. The van der Waals surface area contributed by atoms with Gasteiger partial charge in [0, 0.05) is 13.1 Å². The zero-order chi connectivity index (χ0) is 18.4. The number of amides is 2. The first-order valence-corrected chi connectivity index (χ1v) is 9.51. The molecule has 2 aromatic rings. The summed E-state index contributed by atoms with van der Waals surface area (Å²) >= 11 is 0. The van der Waals surface area contributed by atoms with Gasteiger partial charge in [0.1, 0.15) is 12.6 Å². The molecular weight excluding hydrogens is 346 g/mol. The van der Waals surface area contributed by atoms with Crippen molar-refractivity contribution in [2.45, 2.75) is 49.8 Å². The van der Waals surface area contributed by atoms with Gasteiger partial charge in [0.2, 0.25) is 11.8 Å². The lowest BCUT2D eigenvalue weighted by atomic mass is 10.0. The van der Waals surface area contributed by atoms with Crippen molar-refractivity contribution in [2.24, 2.45) is 5.73 Å². The van der Waals surface area contributed by atoms with E-state index in [1.807, 2.05) is 30.3 Å². The van der Waals surface area contributed by atoms with E-state index in [0.29, 0.717) is 31.5 Å². The fourth-order valence-corrected chi connectivity index (χ4v) is 4.01. The number of rotatable bonds is 6. The second kappa shape index (κ2) is 6.31. The first kappa shape index (κ1) is 16.7. The Morgan fingerprint density at radius 1 is 1.22 bits per heavy atom. The monoisotopic (exact) mass is 369 g/mol. The summed E-state index contributed by atoms with van der Waals surface area (Å²) in [5.41, 5.74) is 6.76. The van der Waals surface area contributed by atoms with Crippen molar-refractivity contribution < 1.29 is 14.0 Å². The molecule has 2 N–H and O–H groups in total. The molecule has 1 aliphatic carbocycles. The number of hydrogen-bond donors (Lipinski definition) is 1. The number of hydroxylamine groups is 2. The van der Waals surface area contributed by atoms with Gasteiger partial charge >= 0.3 is 6.03 Å². The Morgan fingerprint density at radius 2 is 2.04 bits per heavy atom. The van der Waals surface area contributed by atoms with Crippen LogP contribution in [0, 0.1) is 0 Å². The van der Waals surface area contributed by atoms with E-state index in [1.54, 1.807) is 4.90 Å². The summed E-state index contributed by atoms with van der Waals surface area (Å²) in [4.78, 5) is 20.5. The predicted molar refractivity (Wildman–Crippen MR) is 95.2 cm³/mol. The number of nitrogens with zero attached hydrogens (tertiary/aromatic N) is 4. The van der Waals surface area contributed by atoms with Crippen molar-refractivity contribution in [3.05, 3.63) is 47.7 Å². The first-order valence-electron chi connectivity index (χ1n) is 9.51. The van der Waals surface area contributed by atoms with E-state index in [0.717, 1.165) is 31.2 Å². The molecule has 2 saturated heterocycles. The van der Waals surface area contributed by atoms with Crippen LogP contribution >= 0.6 is 0 Å². The summed E-state index contributed by atoms with van der Waals surface area (Å²) < 4.78 is 5.95. The molecule has 8 nitrogen and oxygen atoms in total. The Kier molecular flexibility index (Phi) is 3.91. The second-order valence-corrected chi connectivity index (χ2v) is 7.70. The quantitative estimate of drug-likeness (QED) is 0.838. The molecule has 1 saturated carbocycles. The lowest BCUT2D eigenvalue weighted by Gasteiger charge is -2.27. The van der Waals surface area contributed by atoms with Crippen LogP contribution in [0.25, 0.3) is 0 Å². The largest absolute Gasteiger partial charge is 0.422 e. The van der Waals surface area contributed by atoms with Gasteiger partial charge in [-0.3, -0.25) is 4.84 Å². The first-order chi connectivity index (χ1) is 13.2. The van der Waals surface area contributed by atoms with Crippen LogP contribution < -0.4 is 5.73 Å². The van der Waals surface area contributed by atoms with Gasteiger partial charge in [-0.05, 0) is 31.2 Å². The maximum absolute atomic E-state index is 12.9. The normalized spacial score (nSPS) is 25.9. The molecule has 2 unspecified atom stereocenters. The zero-order valence-corrected chi connectivity index (χ0v) is 15.1. The number of carbonyl (C=O) groups is 1. The molecule has 8 heteroatoms. The summed E-state index contributed by atoms with van der Waals surface area (Å²) in [6.07, 6.45) is 3.61. The van der Waals surface area contributed by atoms with Gasteiger partial charge in [0.25, 0.3) is 0 Å². The highest BCUT2D eigenvalue weighted by molar-refractivity contribution is 5.77. The number of aromatic nitrogens is 2.